The van der Waals surface area contributed by atoms with Crippen LogP contribution in [-0.2, 0) is 17.9 Å². The zero-order chi connectivity index (χ0) is 30.6. The Morgan fingerprint density at radius 3 is 2.41 bits per heavy atom. The van der Waals surface area contributed by atoms with Crippen molar-refractivity contribution in [3.63, 3.8) is 0 Å². The first-order chi connectivity index (χ1) is 21.2. The first kappa shape index (κ1) is 28.0. The van der Waals surface area contributed by atoms with Gasteiger partial charge in [-0.05, 0) is 47.7 Å². The number of rotatable bonds is 7. The summed E-state index contributed by atoms with van der Waals surface area (Å²) in [5.41, 5.74) is 2.39. The number of para-hydroxylation sites is 1. The van der Waals surface area contributed by atoms with Gasteiger partial charge in [0.25, 0.3) is 0 Å². The van der Waals surface area contributed by atoms with Crippen LogP contribution in [0.15, 0.2) is 105 Å². The molecule has 0 saturated heterocycles. The number of benzene rings is 3. The lowest BCUT2D eigenvalue weighted by atomic mass is 9.74. The molecule has 3 heterocycles. The summed E-state index contributed by atoms with van der Waals surface area (Å²) in [7, 11) is 0. The second-order valence-electron chi connectivity index (χ2n) is 12.0. The van der Waals surface area contributed by atoms with Crippen LogP contribution < -0.4 is 16.1 Å². The Bertz CT molecular complexity index is 2050. The summed E-state index contributed by atoms with van der Waals surface area (Å²) in [6.45, 7) is 4.70. The fraction of sp³-hybridized carbons (Fsp3) is 0.242. The number of carbonyl (C=O) groups is 1. The number of Topliss-reactive ketones (excluding diaryl/α,β-unsaturated/α-hetero) is 1. The molecule has 0 N–H and O–H groups in total. The summed E-state index contributed by atoms with van der Waals surface area (Å²) in [6.07, 6.45) is 2.61. The average molecular weight is 654 g/mol. The van der Waals surface area contributed by atoms with Crippen molar-refractivity contribution in [1.82, 2.24) is 28.9 Å². The zero-order valence-electron chi connectivity index (χ0n) is 24.2. The molecule has 10 nitrogen and oxygen atoms in total. The minimum absolute atomic E-state index is 0.0858. The molecule has 1 aliphatic carbocycles. The average Bonchev–Trinajstić information content (AvgIpc) is 3.66. The Labute approximate surface area is 260 Å². The number of fused-ring (bicyclic) bond motifs is 2. The fourth-order valence-electron chi connectivity index (χ4n) is 6.21. The molecule has 11 heteroatoms. The van der Waals surface area contributed by atoms with Crippen LogP contribution >= 0.6 is 15.9 Å². The van der Waals surface area contributed by atoms with Crippen molar-refractivity contribution in [1.29, 1.82) is 0 Å². The molecule has 1 atom stereocenters. The maximum absolute atomic E-state index is 14.1. The predicted octanol–water partition coefficient (Wildman–Crippen LogP) is 4.99. The Balaban J connectivity index is 1.30. The van der Waals surface area contributed by atoms with Crippen LogP contribution in [0.1, 0.15) is 49.6 Å². The smallest absolute Gasteiger partial charge is 0.356 e. The van der Waals surface area contributed by atoms with Gasteiger partial charge in [-0.3, -0.25) is 4.79 Å². The van der Waals surface area contributed by atoms with Crippen LogP contribution in [0, 0.1) is 5.41 Å². The normalized spacial score (nSPS) is 17.1. The molecule has 0 amide bonds. The topological polar surface area (TPSA) is 106 Å². The van der Waals surface area contributed by atoms with Crippen molar-refractivity contribution in [2.75, 3.05) is 0 Å². The summed E-state index contributed by atoms with van der Waals surface area (Å²) < 4.78 is 12.8. The third-order valence-corrected chi connectivity index (χ3v) is 8.57. The maximum Gasteiger partial charge on any atom is 0.356 e. The van der Waals surface area contributed by atoms with E-state index < -0.39 is 17.4 Å². The summed E-state index contributed by atoms with van der Waals surface area (Å²) in [4.78, 5) is 41.8. The molecule has 5 aromatic rings. The quantitative estimate of drug-likeness (QED) is 0.245. The van der Waals surface area contributed by atoms with E-state index in [-0.39, 0.29) is 17.8 Å². The van der Waals surface area contributed by atoms with Gasteiger partial charge in [-0.15, -0.1) is 5.10 Å². The molecule has 0 saturated carbocycles. The number of hydrogen-bond donors (Lipinski definition) is 0. The van der Waals surface area contributed by atoms with Gasteiger partial charge in [-0.2, -0.15) is 0 Å². The largest absolute Gasteiger partial charge is 0.487 e. The third kappa shape index (κ3) is 4.86. The first-order valence-electron chi connectivity index (χ1n) is 14.3. The van der Waals surface area contributed by atoms with Crippen molar-refractivity contribution < 1.29 is 9.53 Å². The van der Waals surface area contributed by atoms with Gasteiger partial charge in [0.05, 0.1) is 24.1 Å². The van der Waals surface area contributed by atoms with Gasteiger partial charge in [-0.25, -0.2) is 28.2 Å². The molecule has 0 bridgehead atoms. The van der Waals surface area contributed by atoms with E-state index in [1.165, 1.54) is 9.36 Å². The Kier molecular flexibility index (Phi) is 6.84. The number of aromatic nitrogens is 6. The highest BCUT2D eigenvalue weighted by Gasteiger charge is 2.46. The van der Waals surface area contributed by atoms with E-state index in [0.717, 1.165) is 14.6 Å². The van der Waals surface area contributed by atoms with Crippen molar-refractivity contribution in [3.05, 3.63) is 133 Å². The summed E-state index contributed by atoms with van der Waals surface area (Å²) in [6, 6.07) is 23.4. The molecular formula is C33H29BrN6O4. The van der Waals surface area contributed by atoms with Crippen molar-refractivity contribution in [2.24, 2.45) is 5.41 Å². The summed E-state index contributed by atoms with van der Waals surface area (Å²) in [5.74, 6) is 0.387. The van der Waals surface area contributed by atoms with E-state index in [4.69, 9.17) is 4.74 Å². The van der Waals surface area contributed by atoms with Gasteiger partial charge in [-0.1, -0.05) is 83.5 Å². The minimum Gasteiger partial charge on any atom is -0.487 e. The number of carbonyl (C=O) groups excluding carboxylic acids is 1. The molecule has 0 spiro atoms. The molecule has 0 fully saturated rings. The van der Waals surface area contributed by atoms with Gasteiger partial charge < -0.3 is 4.74 Å². The van der Waals surface area contributed by atoms with Crippen molar-refractivity contribution >= 4 is 27.4 Å². The molecule has 7 rings (SSSR count). The first-order valence-corrected chi connectivity index (χ1v) is 15.1. The van der Waals surface area contributed by atoms with Gasteiger partial charge in [0.15, 0.2) is 5.78 Å². The van der Waals surface area contributed by atoms with E-state index >= 15 is 0 Å². The monoisotopic (exact) mass is 652 g/mol. The van der Waals surface area contributed by atoms with Gasteiger partial charge >= 0.3 is 11.4 Å². The van der Waals surface area contributed by atoms with Crippen molar-refractivity contribution in [3.8, 4) is 11.4 Å². The van der Waals surface area contributed by atoms with E-state index in [2.05, 4.69) is 26.2 Å². The second-order valence-corrected chi connectivity index (χ2v) is 12.9. The van der Waals surface area contributed by atoms with Crippen LogP contribution in [0.5, 0.6) is 5.75 Å². The van der Waals surface area contributed by atoms with Gasteiger partial charge in [0.1, 0.15) is 24.1 Å². The van der Waals surface area contributed by atoms with Crippen LogP contribution in [-0.4, -0.2) is 34.7 Å². The highest BCUT2D eigenvalue weighted by atomic mass is 79.9. The van der Waals surface area contributed by atoms with E-state index in [0.29, 0.717) is 53.4 Å². The van der Waals surface area contributed by atoms with E-state index in [9.17, 15) is 14.4 Å². The lowest BCUT2D eigenvalue weighted by Crippen LogP contribution is -2.33. The van der Waals surface area contributed by atoms with Crippen LogP contribution in [0.4, 0.5) is 0 Å². The predicted molar refractivity (Wildman–Crippen MR) is 168 cm³/mol. The molecule has 0 radical (unpaired) electrons. The SMILES string of the molecule is CC1(C)CC(=O)C2=C(C1)n1c(=O)n(-c3ccccc3)c(=O)n1C2c1cc(Br)ccc1OCc1cn(Cc2ccccc2)nn1. The highest BCUT2D eigenvalue weighted by molar-refractivity contribution is 9.10. The molecule has 2 aliphatic rings. The second kappa shape index (κ2) is 10.7. The van der Waals surface area contributed by atoms with E-state index in [1.807, 2.05) is 68.6 Å². The zero-order valence-corrected chi connectivity index (χ0v) is 25.8. The minimum atomic E-state index is -0.847. The number of nitrogens with zero attached hydrogens (tertiary/aromatic N) is 6. The molecule has 2 aromatic heterocycles. The number of allylic oxidation sites excluding steroid dienone is 2. The number of halogens is 1. The molecule has 44 heavy (non-hydrogen) atoms. The lowest BCUT2D eigenvalue weighted by molar-refractivity contribution is -0.118. The number of hydrogen-bond acceptors (Lipinski definition) is 6. The van der Waals surface area contributed by atoms with Gasteiger partial charge in [0, 0.05) is 22.0 Å². The lowest BCUT2D eigenvalue weighted by Gasteiger charge is -2.30. The molecule has 222 valence electrons. The Morgan fingerprint density at radius 2 is 1.66 bits per heavy atom. The summed E-state index contributed by atoms with van der Waals surface area (Å²) >= 11 is 3.57. The van der Waals surface area contributed by atoms with Crippen LogP contribution in [0.3, 0.4) is 0 Å². The van der Waals surface area contributed by atoms with Crippen LogP contribution in [0.2, 0.25) is 0 Å². The summed E-state index contributed by atoms with van der Waals surface area (Å²) in [5, 5.41) is 8.51. The fourth-order valence-corrected chi connectivity index (χ4v) is 6.58. The third-order valence-electron chi connectivity index (χ3n) is 8.08. The molecule has 3 aromatic carbocycles. The van der Waals surface area contributed by atoms with Crippen molar-refractivity contribution in [2.45, 2.75) is 45.9 Å². The molecule has 1 unspecified atom stereocenters. The maximum atomic E-state index is 14.1. The molecular weight excluding hydrogens is 624 g/mol. The Hall–Kier alpha value is -4.77. The number of ketones is 1. The molecule has 1 aliphatic heterocycles. The number of ether oxygens (including phenoxy) is 1. The van der Waals surface area contributed by atoms with Crippen LogP contribution in [0.25, 0.3) is 11.4 Å². The van der Waals surface area contributed by atoms with E-state index in [1.54, 1.807) is 35.0 Å². The van der Waals surface area contributed by atoms with Gasteiger partial charge in [0.2, 0.25) is 0 Å². The highest BCUT2D eigenvalue weighted by Crippen LogP contribution is 2.48. The standard InChI is InChI=1S/C33H29BrN6O4/c1-33(2)16-26-29(27(41)17-33)30(40-32(43)38(31(42)39(26)40)24-11-7-4-8-12-24)25-15-22(34)13-14-28(25)44-20-23-19-37(36-35-23)18-21-9-5-3-6-10-21/h3-15,19,30H,16-18,20H2,1-2H3. The Morgan fingerprint density at radius 1 is 0.932 bits per heavy atom.